The maximum absolute atomic E-state index is 12.6. The van der Waals surface area contributed by atoms with E-state index in [0.29, 0.717) is 28.9 Å². The van der Waals surface area contributed by atoms with Crippen LogP contribution in [0.15, 0.2) is 35.2 Å². The van der Waals surface area contributed by atoms with Crippen LogP contribution in [0.4, 0.5) is 0 Å². The Morgan fingerprint density at radius 1 is 0.974 bits per heavy atom. The van der Waals surface area contributed by atoms with Crippen LogP contribution in [0.1, 0.15) is 67.3 Å². The molecule has 0 aliphatic heterocycles. The number of esters is 2. The van der Waals surface area contributed by atoms with Crippen molar-refractivity contribution in [2.75, 3.05) is 6.61 Å². The SMILES string of the molecule is O=C(CCCOC(=O)c1cc(I)cc(I)c1I)Oc1ccc(S(=O)(=O)[O-])c(C23CC4CC(CC(C4)C2)C3)c1. The standard InChI is InChI=1S/C27H27I3O7S/c28-18-9-20(25(30)22(29)10-18)26(32)36-5-1-2-24(31)37-19-3-4-23(38(33,34)35)21(11-19)27-12-15-6-16(13-27)8-17(7-15)14-27/h3-4,9-11,15-17H,1-2,5-8,12-14H2,(H,33,34,35)/p-1. The van der Waals surface area contributed by atoms with Crippen LogP contribution >= 0.6 is 67.8 Å². The molecule has 4 fully saturated rings. The maximum Gasteiger partial charge on any atom is 0.339 e. The molecule has 0 amide bonds. The van der Waals surface area contributed by atoms with Crippen LogP contribution in [0, 0.1) is 28.5 Å². The van der Waals surface area contributed by atoms with Crippen molar-refractivity contribution in [2.24, 2.45) is 17.8 Å². The largest absolute Gasteiger partial charge is 0.744 e. The van der Waals surface area contributed by atoms with Gasteiger partial charge >= 0.3 is 11.9 Å². The smallest absolute Gasteiger partial charge is 0.339 e. The molecule has 0 aromatic heterocycles. The molecule has 11 heteroatoms. The third-order valence-corrected chi connectivity index (χ3v) is 12.6. The Labute approximate surface area is 263 Å². The average Bonchev–Trinajstić information content (AvgIpc) is 2.82. The fourth-order valence-electron chi connectivity index (χ4n) is 6.99. The monoisotopic (exact) mass is 875 g/mol. The van der Waals surface area contributed by atoms with Crippen LogP contribution in [0.2, 0.25) is 0 Å². The lowest BCUT2D eigenvalue weighted by Crippen LogP contribution is -2.49. The molecular formula is C27H26I3O7S-. The normalized spacial score (nSPS) is 25.8. The summed E-state index contributed by atoms with van der Waals surface area (Å²) < 4.78 is 50.1. The van der Waals surface area contributed by atoms with Gasteiger partial charge in [0.1, 0.15) is 15.9 Å². The van der Waals surface area contributed by atoms with Crippen LogP contribution in [0.3, 0.4) is 0 Å². The van der Waals surface area contributed by atoms with Gasteiger partial charge in [0.25, 0.3) is 0 Å². The first-order valence-electron chi connectivity index (χ1n) is 12.6. The predicted octanol–water partition coefficient (Wildman–Crippen LogP) is 6.41. The Morgan fingerprint density at radius 2 is 1.61 bits per heavy atom. The van der Waals surface area contributed by atoms with E-state index >= 15 is 0 Å². The molecule has 6 rings (SSSR count). The van der Waals surface area contributed by atoms with Crippen LogP contribution in [0.5, 0.6) is 5.75 Å². The molecule has 4 saturated carbocycles. The zero-order valence-corrected chi connectivity index (χ0v) is 27.7. The van der Waals surface area contributed by atoms with E-state index in [1.165, 1.54) is 31.4 Å². The minimum Gasteiger partial charge on any atom is -0.744 e. The Kier molecular flexibility index (Phi) is 8.69. The first kappa shape index (κ1) is 29.0. The van der Waals surface area contributed by atoms with Crippen molar-refractivity contribution < 1.29 is 32.0 Å². The summed E-state index contributed by atoms with van der Waals surface area (Å²) in [6.45, 7) is 0.0674. The zero-order valence-electron chi connectivity index (χ0n) is 20.4. The quantitative estimate of drug-likeness (QED) is 0.0753. The van der Waals surface area contributed by atoms with E-state index in [0.717, 1.165) is 30.0 Å². The Bertz CT molecular complexity index is 1350. The molecule has 0 heterocycles. The topological polar surface area (TPSA) is 110 Å². The molecule has 4 bridgehead atoms. The average molecular weight is 875 g/mol. The van der Waals surface area contributed by atoms with Gasteiger partial charge in [-0.15, -0.1) is 0 Å². The molecule has 2 aromatic carbocycles. The predicted molar refractivity (Wildman–Crippen MR) is 164 cm³/mol. The van der Waals surface area contributed by atoms with Crippen molar-refractivity contribution in [2.45, 2.75) is 61.7 Å². The third kappa shape index (κ3) is 6.20. The molecule has 4 aliphatic rings. The minimum absolute atomic E-state index is 0.0303. The van der Waals surface area contributed by atoms with E-state index in [9.17, 15) is 22.6 Å². The lowest BCUT2D eigenvalue weighted by molar-refractivity contribution is -0.134. The number of carbonyl (C=O) groups excluding carboxylic acids is 2. The van der Waals surface area contributed by atoms with Gasteiger partial charge in [0.2, 0.25) is 0 Å². The molecule has 4 aliphatic carbocycles. The van der Waals surface area contributed by atoms with E-state index in [-0.39, 0.29) is 35.5 Å². The molecule has 0 N–H and O–H groups in total. The van der Waals surface area contributed by atoms with Gasteiger partial charge in [-0.05, 0) is 172 Å². The van der Waals surface area contributed by atoms with Gasteiger partial charge in [0, 0.05) is 17.1 Å². The Hall–Kier alpha value is -0.520. The second kappa shape index (κ2) is 11.4. The number of hydrogen-bond acceptors (Lipinski definition) is 7. The van der Waals surface area contributed by atoms with E-state index < -0.39 is 22.1 Å². The lowest BCUT2D eigenvalue weighted by atomic mass is 9.48. The second-order valence-electron chi connectivity index (χ2n) is 10.8. The molecule has 38 heavy (non-hydrogen) atoms. The number of rotatable bonds is 8. The van der Waals surface area contributed by atoms with E-state index in [4.69, 9.17) is 9.47 Å². The van der Waals surface area contributed by atoms with Gasteiger partial charge in [0.15, 0.2) is 0 Å². The minimum atomic E-state index is -4.67. The highest BCUT2D eigenvalue weighted by Gasteiger charge is 2.52. The summed E-state index contributed by atoms with van der Waals surface area (Å²) in [5.74, 6) is 0.978. The molecule has 0 spiro atoms. The fraction of sp³-hybridized carbons (Fsp3) is 0.481. The van der Waals surface area contributed by atoms with Crippen molar-refractivity contribution in [3.05, 3.63) is 52.2 Å². The van der Waals surface area contributed by atoms with Gasteiger partial charge in [0.05, 0.1) is 17.1 Å². The summed E-state index contributed by atoms with van der Waals surface area (Å²) in [7, 11) is -4.67. The van der Waals surface area contributed by atoms with E-state index in [2.05, 4.69) is 67.8 Å². The Balaban J connectivity index is 1.23. The van der Waals surface area contributed by atoms with E-state index in [1.54, 1.807) is 12.1 Å². The number of carbonyl (C=O) groups is 2. The van der Waals surface area contributed by atoms with Crippen molar-refractivity contribution in [1.82, 2.24) is 0 Å². The van der Waals surface area contributed by atoms with Gasteiger partial charge in [-0.25, -0.2) is 13.2 Å². The summed E-state index contributed by atoms with van der Waals surface area (Å²) in [4.78, 5) is 24.9. The lowest BCUT2D eigenvalue weighted by Gasteiger charge is -2.57. The summed E-state index contributed by atoms with van der Waals surface area (Å²) in [6, 6.07) is 8.03. The summed E-state index contributed by atoms with van der Waals surface area (Å²) >= 11 is 6.44. The molecule has 0 unspecified atom stereocenters. The van der Waals surface area contributed by atoms with Gasteiger partial charge in [-0.1, -0.05) is 0 Å². The number of hydrogen-bond donors (Lipinski definition) is 0. The molecule has 0 saturated heterocycles. The second-order valence-corrected chi connectivity index (χ2v) is 15.6. The summed E-state index contributed by atoms with van der Waals surface area (Å²) in [6.07, 6.45) is 6.49. The molecule has 2 aromatic rings. The number of halogens is 3. The van der Waals surface area contributed by atoms with Gasteiger partial charge < -0.3 is 14.0 Å². The highest BCUT2D eigenvalue weighted by molar-refractivity contribution is 14.1. The van der Waals surface area contributed by atoms with Gasteiger partial charge in [-0.2, -0.15) is 0 Å². The zero-order chi connectivity index (χ0) is 27.2. The first-order chi connectivity index (χ1) is 17.9. The highest BCUT2D eigenvalue weighted by atomic mass is 127. The van der Waals surface area contributed by atoms with Crippen LogP contribution in [-0.4, -0.2) is 31.5 Å². The molecule has 0 atom stereocenters. The van der Waals surface area contributed by atoms with Crippen molar-refractivity contribution >= 4 is 89.8 Å². The molecule has 204 valence electrons. The van der Waals surface area contributed by atoms with Crippen molar-refractivity contribution in [3.8, 4) is 5.75 Å². The van der Waals surface area contributed by atoms with Crippen molar-refractivity contribution in [3.63, 3.8) is 0 Å². The summed E-state index contributed by atoms with van der Waals surface area (Å²) in [5, 5.41) is 0. The Morgan fingerprint density at radius 3 is 2.21 bits per heavy atom. The molecule has 0 radical (unpaired) electrons. The first-order valence-corrected chi connectivity index (χ1v) is 17.2. The van der Waals surface area contributed by atoms with E-state index in [1.807, 2.05) is 6.07 Å². The molecule has 7 nitrogen and oxygen atoms in total. The van der Waals surface area contributed by atoms with Crippen molar-refractivity contribution in [1.29, 1.82) is 0 Å². The maximum atomic E-state index is 12.6. The number of benzene rings is 2. The molecular weight excluding hydrogens is 849 g/mol. The van der Waals surface area contributed by atoms with Crippen LogP contribution in [0.25, 0.3) is 0 Å². The summed E-state index contributed by atoms with van der Waals surface area (Å²) in [5.41, 5.74) is 0.672. The third-order valence-electron chi connectivity index (χ3n) is 8.03. The number of ether oxygens (including phenoxy) is 2. The fourth-order valence-corrected chi connectivity index (χ4v) is 10.1. The van der Waals surface area contributed by atoms with Crippen LogP contribution < -0.4 is 4.74 Å². The van der Waals surface area contributed by atoms with Gasteiger partial charge in [-0.3, -0.25) is 4.79 Å². The highest BCUT2D eigenvalue weighted by Crippen LogP contribution is 2.61. The van der Waals surface area contributed by atoms with Crippen LogP contribution in [-0.2, 0) is 25.1 Å².